The number of halogens is 4. The summed E-state index contributed by atoms with van der Waals surface area (Å²) in [6.45, 7) is 1.32. The normalized spacial score (nSPS) is 11.1. The lowest BCUT2D eigenvalue weighted by atomic mass is 10.1. The number of alkyl halides is 3. The van der Waals surface area contributed by atoms with Gasteiger partial charge in [-0.3, -0.25) is 9.59 Å². The topological polar surface area (TPSA) is 49.4 Å². The van der Waals surface area contributed by atoms with Crippen molar-refractivity contribution in [3.8, 4) is 0 Å². The highest BCUT2D eigenvalue weighted by atomic mass is 35.5. The van der Waals surface area contributed by atoms with Gasteiger partial charge in [0.25, 0.3) is 5.91 Å². The predicted octanol–water partition coefficient (Wildman–Crippen LogP) is 4.14. The van der Waals surface area contributed by atoms with E-state index < -0.39 is 23.6 Å². The molecule has 0 spiro atoms. The molecule has 138 valence electrons. The van der Waals surface area contributed by atoms with Gasteiger partial charge in [-0.25, -0.2) is 0 Å². The summed E-state index contributed by atoms with van der Waals surface area (Å²) in [7, 11) is 0. The standard InChI is InChI=1S/C18H16ClF3N2O2/c1-12(25)24(14-6-4-5-13(11-14)18(20,21)22)10-9-23-17(26)15-7-2-3-8-16(15)19/h2-8,11H,9-10H2,1H3,(H,23,26). The summed E-state index contributed by atoms with van der Waals surface area (Å²) >= 11 is 5.94. The van der Waals surface area contributed by atoms with Crippen molar-refractivity contribution in [1.82, 2.24) is 5.32 Å². The van der Waals surface area contributed by atoms with Gasteiger partial charge in [0, 0.05) is 25.7 Å². The molecule has 2 amide bonds. The van der Waals surface area contributed by atoms with E-state index in [1.54, 1.807) is 24.3 Å². The Morgan fingerprint density at radius 2 is 1.81 bits per heavy atom. The average Bonchev–Trinajstić information content (AvgIpc) is 2.58. The second-order valence-corrected chi connectivity index (χ2v) is 5.86. The summed E-state index contributed by atoms with van der Waals surface area (Å²) in [6, 6.07) is 10.9. The van der Waals surface area contributed by atoms with Crippen molar-refractivity contribution in [1.29, 1.82) is 0 Å². The molecule has 0 unspecified atom stereocenters. The molecule has 2 aromatic carbocycles. The lowest BCUT2D eigenvalue weighted by molar-refractivity contribution is -0.137. The fraction of sp³-hybridized carbons (Fsp3) is 0.222. The molecule has 0 bridgehead atoms. The molecule has 0 saturated carbocycles. The van der Waals surface area contributed by atoms with Crippen LogP contribution in [0.4, 0.5) is 18.9 Å². The number of carbonyl (C=O) groups excluding carboxylic acids is 2. The maximum Gasteiger partial charge on any atom is 0.416 e. The highest BCUT2D eigenvalue weighted by Crippen LogP contribution is 2.31. The van der Waals surface area contributed by atoms with Crippen LogP contribution in [0.5, 0.6) is 0 Å². The van der Waals surface area contributed by atoms with E-state index in [0.717, 1.165) is 12.1 Å². The Labute approximate surface area is 153 Å². The Bertz CT molecular complexity index is 809. The number of carbonyl (C=O) groups is 2. The first-order valence-electron chi connectivity index (χ1n) is 7.68. The summed E-state index contributed by atoms with van der Waals surface area (Å²) in [5.41, 5.74) is -0.455. The molecule has 1 N–H and O–H groups in total. The molecule has 0 aromatic heterocycles. The van der Waals surface area contributed by atoms with Crippen LogP contribution in [0.2, 0.25) is 5.02 Å². The molecule has 0 aliphatic heterocycles. The number of amides is 2. The van der Waals surface area contributed by atoms with Crippen molar-refractivity contribution in [3.63, 3.8) is 0 Å². The summed E-state index contributed by atoms with van der Waals surface area (Å²) in [4.78, 5) is 25.1. The number of hydrogen-bond donors (Lipinski definition) is 1. The highest BCUT2D eigenvalue weighted by Gasteiger charge is 2.31. The van der Waals surface area contributed by atoms with Gasteiger partial charge in [-0.2, -0.15) is 13.2 Å². The summed E-state index contributed by atoms with van der Waals surface area (Å²) in [6.07, 6.45) is -4.50. The molecule has 0 atom stereocenters. The maximum absolute atomic E-state index is 12.8. The third kappa shape index (κ3) is 4.98. The van der Waals surface area contributed by atoms with Gasteiger partial charge in [0.15, 0.2) is 0 Å². The highest BCUT2D eigenvalue weighted by molar-refractivity contribution is 6.33. The van der Waals surface area contributed by atoms with Crippen molar-refractivity contribution < 1.29 is 22.8 Å². The number of benzene rings is 2. The van der Waals surface area contributed by atoms with Gasteiger partial charge in [-0.1, -0.05) is 29.8 Å². The summed E-state index contributed by atoms with van der Waals surface area (Å²) in [5.74, 6) is -0.862. The molecule has 0 aliphatic carbocycles. The van der Waals surface area contributed by atoms with Gasteiger partial charge < -0.3 is 10.2 Å². The van der Waals surface area contributed by atoms with Gasteiger partial charge in [0.1, 0.15) is 0 Å². The lowest BCUT2D eigenvalue weighted by Crippen LogP contribution is -2.37. The maximum atomic E-state index is 12.8. The largest absolute Gasteiger partial charge is 0.416 e. The van der Waals surface area contributed by atoms with Crippen molar-refractivity contribution in [2.45, 2.75) is 13.1 Å². The molecule has 0 heterocycles. The zero-order chi connectivity index (χ0) is 19.3. The fourth-order valence-electron chi connectivity index (χ4n) is 2.34. The van der Waals surface area contributed by atoms with Crippen LogP contribution in [-0.4, -0.2) is 24.9 Å². The van der Waals surface area contributed by atoms with Crippen LogP contribution in [0.15, 0.2) is 48.5 Å². The third-order valence-corrected chi connectivity index (χ3v) is 3.93. The minimum Gasteiger partial charge on any atom is -0.350 e. The zero-order valence-corrected chi connectivity index (χ0v) is 14.6. The van der Waals surface area contributed by atoms with Crippen molar-refractivity contribution in [2.24, 2.45) is 0 Å². The van der Waals surface area contributed by atoms with E-state index in [4.69, 9.17) is 11.6 Å². The number of hydrogen-bond acceptors (Lipinski definition) is 2. The number of nitrogens with zero attached hydrogens (tertiary/aromatic N) is 1. The van der Waals surface area contributed by atoms with Crippen LogP contribution in [0.25, 0.3) is 0 Å². The average molecular weight is 385 g/mol. The van der Waals surface area contributed by atoms with Crippen LogP contribution in [0.3, 0.4) is 0 Å². The molecule has 8 heteroatoms. The van der Waals surface area contributed by atoms with Crippen LogP contribution in [0.1, 0.15) is 22.8 Å². The first kappa shape index (κ1) is 19.8. The van der Waals surface area contributed by atoms with Crippen LogP contribution in [0, 0.1) is 0 Å². The molecule has 0 aliphatic rings. The van der Waals surface area contributed by atoms with Gasteiger partial charge >= 0.3 is 6.18 Å². The predicted molar refractivity (Wildman–Crippen MR) is 93.3 cm³/mol. The molecule has 0 saturated heterocycles. The van der Waals surface area contributed by atoms with E-state index in [-0.39, 0.29) is 29.4 Å². The Hall–Kier alpha value is -2.54. The molecular weight excluding hydrogens is 369 g/mol. The smallest absolute Gasteiger partial charge is 0.350 e. The minimum absolute atomic E-state index is 0.0207. The monoisotopic (exact) mass is 384 g/mol. The Kier molecular flexibility index (Phi) is 6.26. The Morgan fingerprint density at radius 1 is 1.12 bits per heavy atom. The lowest BCUT2D eigenvalue weighted by Gasteiger charge is -2.22. The molecule has 4 nitrogen and oxygen atoms in total. The third-order valence-electron chi connectivity index (χ3n) is 3.60. The van der Waals surface area contributed by atoms with E-state index >= 15 is 0 Å². The Balaban J connectivity index is 2.07. The van der Waals surface area contributed by atoms with Crippen LogP contribution >= 0.6 is 11.6 Å². The van der Waals surface area contributed by atoms with E-state index in [2.05, 4.69) is 5.32 Å². The minimum atomic E-state index is -4.50. The fourth-order valence-corrected chi connectivity index (χ4v) is 2.56. The first-order chi connectivity index (χ1) is 12.2. The molecule has 2 aromatic rings. The van der Waals surface area contributed by atoms with E-state index in [9.17, 15) is 22.8 Å². The van der Waals surface area contributed by atoms with Gasteiger partial charge in [-0.15, -0.1) is 0 Å². The Morgan fingerprint density at radius 3 is 2.42 bits per heavy atom. The molecule has 26 heavy (non-hydrogen) atoms. The van der Waals surface area contributed by atoms with Crippen LogP contribution < -0.4 is 10.2 Å². The van der Waals surface area contributed by atoms with E-state index in [0.29, 0.717) is 0 Å². The zero-order valence-electron chi connectivity index (χ0n) is 13.8. The second kappa shape index (κ2) is 8.23. The summed E-state index contributed by atoms with van der Waals surface area (Å²) < 4.78 is 38.5. The first-order valence-corrected chi connectivity index (χ1v) is 8.06. The van der Waals surface area contributed by atoms with Gasteiger partial charge in [0.2, 0.25) is 5.91 Å². The molecule has 2 rings (SSSR count). The number of anilines is 1. The van der Waals surface area contributed by atoms with Crippen molar-refractivity contribution in [2.75, 3.05) is 18.0 Å². The molecule has 0 radical (unpaired) electrons. The van der Waals surface area contributed by atoms with Gasteiger partial charge in [0.05, 0.1) is 16.1 Å². The molecule has 0 fully saturated rings. The quantitative estimate of drug-likeness (QED) is 0.842. The summed E-state index contributed by atoms with van der Waals surface area (Å²) in [5, 5.41) is 2.88. The SMILES string of the molecule is CC(=O)N(CCNC(=O)c1ccccc1Cl)c1cccc(C(F)(F)F)c1. The van der Waals surface area contributed by atoms with Crippen LogP contribution in [-0.2, 0) is 11.0 Å². The second-order valence-electron chi connectivity index (χ2n) is 5.45. The van der Waals surface area contributed by atoms with Gasteiger partial charge in [-0.05, 0) is 30.3 Å². The van der Waals surface area contributed by atoms with E-state index in [1.165, 1.54) is 24.0 Å². The van der Waals surface area contributed by atoms with Crippen molar-refractivity contribution in [3.05, 3.63) is 64.7 Å². The van der Waals surface area contributed by atoms with E-state index in [1.807, 2.05) is 0 Å². The number of nitrogens with one attached hydrogen (secondary N) is 1. The number of rotatable bonds is 5. The van der Waals surface area contributed by atoms with Crippen molar-refractivity contribution >= 4 is 29.1 Å². The molecular formula is C18H16ClF3N2O2.